The van der Waals surface area contributed by atoms with Gasteiger partial charge in [0.15, 0.2) is 5.82 Å². The van der Waals surface area contributed by atoms with E-state index in [1.54, 1.807) is 41.5 Å². The zero-order valence-corrected chi connectivity index (χ0v) is 11.3. The minimum Gasteiger partial charge on any atom is -0.343 e. The number of nitrogens with one attached hydrogen (secondary N) is 1. The van der Waals surface area contributed by atoms with Crippen LogP contribution in [0, 0.1) is 11.6 Å². The number of fused-ring (bicyclic) bond motifs is 1. The molecule has 1 N–H and O–H groups in total. The molecule has 4 aromatic rings. The Hall–Kier alpha value is -3.02. The molecular weight excluding hydrogens is 286 g/mol. The summed E-state index contributed by atoms with van der Waals surface area (Å²) < 4.78 is 29.5. The summed E-state index contributed by atoms with van der Waals surface area (Å²) in [5, 5.41) is 0. The Labute approximate surface area is 124 Å². The molecular formula is C16H10F2N4. The van der Waals surface area contributed by atoms with E-state index in [2.05, 4.69) is 15.0 Å². The number of aromatic nitrogens is 4. The smallest absolute Gasteiger partial charge is 0.158 e. The van der Waals surface area contributed by atoms with Gasteiger partial charge in [-0.3, -0.25) is 0 Å². The number of halogens is 2. The molecule has 6 heteroatoms. The second-order valence-corrected chi connectivity index (χ2v) is 4.84. The SMILES string of the molecule is Fc1cccc(F)c1-c1ccc2c(-c3ncc[nH]3)ncn2c1. The van der Waals surface area contributed by atoms with Crippen molar-refractivity contribution in [2.75, 3.05) is 0 Å². The van der Waals surface area contributed by atoms with Gasteiger partial charge < -0.3 is 9.38 Å². The number of hydrogen-bond acceptors (Lipinski definition) is 2. The van der Waals surface area contributed by atoms with Crippen molar-refractivity contribution in [1.82, 2.24) is 19.4 Å². The van der Waals surface area contributed by atoms with Gasteiger partial charge in [0.25, 0.3) is 0 Å². The summed E-state index contributed by atoms with van der Waals surface area (Å²) in [6, 6.07) is 7.27. The van der Waals surface area contributed by atoms with Crippen molar-refractivity contribution >= 4 is 5.52 Å². The van der Waals surface area contributed by atoms with Crippen LogP contribution in [0.5, 0.6) is 0 Å². The number of benzene rings is 1. The lowest BCUT2D eigenvalue weighted by Gasteiger charge is -2.06. The number of pyridine rings is 1. The van der Waals surface area contributed by atoms with Gasteiger partial charge in [-0.1, -0.05) is 12.1 Å². The highest BCUT2D eigenvalue weighted by molar-refractivity contribution is 5.75. The molecule has 1 aromatic carbocycles. The lowest BCUT2D eigenvalue weighted by Crippen LogP contribution is -1.92. The number of hydrogen-bond donors (Lipinski definition) is 1. The predicted octanol–water partition coefficient (Wildman–Crippen LogP) is 3.67. The molecule has 0 bridgehead atoms. The van der Waals surface area contributed by atoms with Crippen molar-refractivity contribution in [2.45, 2.75) is 0 Å². The van der Waals surface area contributed by atoms with E-state index < -0.39 is 11.6 Å². The maximum absolute atomic E-state index is 13.9. The second kappa shape index (κ2) is 4.77. The highest BCUT2D eigenvalue weighted by Crippen LogP contribution is 2.28. The molecule has 0 atom stereocenters. The summed E-state index contributed by atoms with van der Waals surface area (Å²) in [5.74, 6) is -0.538. The van der Waals surface area contributed by atoms with Crippen LogP contribution in [0.3, 0.4) is 0 Å². The van der Waals surface area contributed by atoms with Crippen LogP contribution < -0.4 is 0 Å². The number of H-pyrrole nitrogens is 1. The molecule has 0 spiro atoms. The fourth-order valence-electron chi connectivity index (χ4n) is 2.50. The van der Waals surface area contributed by atoms with Gasteiger partial charge in [0.1, 0.15) is 23.7 Å². The van der Waals surface area contributed by atoms with Crippen LogP contribution in [-0.2, 0) is 0 Å². The molecule has 22 heavy (non-hydrogen) atoms. The monoisotopic (exact) mass is 296 g/mol. The topological polar surface area (TPSA) is 46.0 Å². The Bertz CT molecular complexity index is 937. The van der Waals surface area contributed by atoms with E-state index in [0.29, 0.717) is 17.1 Å². The molecule has 108 valence electrons. The van der Waals surface area contributed by atoms with Crippen LogP contribution in [0.25, 0.3) is 28.2 Å². The molecule has 0 saturated carbocycles. The van der Waals surface area contributed by atoms with Crippen LogP contribution in [0.15, 0.2) is 55.2 Å². The molecule has 3 heterocycles. The van der Waals surface area contributed by atoms with Gasteiger partial charge in [-0.2, -0.15) is 0 Å². The summed E-state index contributed by atoms with van der Waals surface area (Å²) in [6.07, 6.45) is 6.60. The lowest BCUT2D eigenvalue weighted by atomic mass is 10.1. The maximum Gasteiger partial charge on any atom is 0.158 e. The van der Waals surface area contributed by atoms with Crippen molar-refractivity contribution in [3.05, 3.63) is 66.9 Å². The number of rotatable bonds is 2. The van der Waals surface area contributed by atoms with Crippen LogP contribution in [0.4, 0.5) is 8.78 Å². The van der Waals surface area contributed by atoms with Crippen molar-refractivity contribution in [3.63, 3.8) is 0 Å². The molecule has 3 aromatic heterocycles. The summed E-state index contributed by atoms with van der Waals surface area (Å²) in [5.41, 5.74) is 1.89. The van der Waals surface area contributed by atoms with E-state index in [1.165, 1.54) is 18.2 Å². The van der Waals surface area contributed by atoms with Crippen LogP contribution in [-0.4, -0.2) is 19.4 Å². The largest absolute Gasteiger partial charge is 0.343 e. The summed E-state index contributed by atoms with van der Waals surface area (Å²) in [4.78, 5) is 11.5. The highest BCUT2D eigenvalue weighted by Gasteiger charge is 2.14. The number of nitrogens with zero attached hydrogens (tertiary/aromatic N) is 3. The summed E-state index contributed by atoms with van der Waals surface area (Å²) in [7, 11) is 0. The van der Waals surface area contributed by atoms with Crippen LogP contribution >= 0.6 is 0 Å². The van der Waals surface area contributed by atoms with Gasteiger partial charge in [-0.25, -0.2) is 18.7 Å². The molecule has 0 aliphatic heterocycles. The lowest BCUT2D eigenvalue weighted by molar-refractivity contribution is 0.589. The Morgan fingerprint density at radius 3 is 2.55 bits per heavy atom. The third kappa shape index (κ3) is 1.88. The van der Waals surface area contributed by atoms with Crippen molar-refractivity contribution in [2.24, 2.45) is 0 Å². The molecule has 4 nitrogen and oxygen atoms in total. The van der Waals surface area contributed by atoms with E-state index in [0.717, 1.165) is 5.52 Å². The molecule has 0 unspecified atom stereocenters. The Balaban J connectivity index is 1.90. The number of aromatic amines is 1. The molecule has 0 saturated heterocycles. The van der Waals surface area contributed by atoms with E-state index in [9.17, 15) is 8.78 Å². The Morgan fingerprint density at radius 2 is 1.82 bits per heavy atom. The van der Waals surface area contributed by atoms with E-state index >= 15 is 0 Å². The van der Waals surface area contributed by atoms with E-state index in [1.807, 2.05) is 0 Å². The first-order valence-electron chi connectivity index (χ1n) is 6.65. The molecule has 0 aliphatic rings. The normalized spacial score (nSPS) is 11.2. The molecule has 0 aliphatic carbocycles. The molecule has 0 amide bonds. The fourth-order valence-corrected chi connectivity index (χ4v) is 2.50. The quantitative estimate of drug-likeness (QED) is 0.613. The van der Waals surface area contributed by atoms with Crippen LogP contribution in [0.2, 0.25) is 0 Å². The first-order chi connectivity index (χ1) is 10.7. The predicted molar refractivity (Wildman–Crippen MR) is 78.1 cm³/mol. The Kier molecular flexibility index (Phi) is 2.75. The minimum absolute atomic E-state index is 0.0438. The average molecular weight is 296 g/mol. The summed E-state index contributed by atoms with van der Waals surface area (Å²) in [6.45, 7) is 0. The van der Waals surface area contributed by atoms with Gasteiger partial charge in [-0.15, -0.1) is 0 Å². The minimum atomic E-state index is -0.592. The first-order valence-corrected chi connectivity index (χ1v) is 6.65. The van der Waals surface area contributed by atoms with Gasteiger partial charge in [0.2, 0.25) is 0 Å². The summed E-state index contributed by atoms with van der Waals surface area (Å²) >= 11 is 0. The van der Waals surface area contributed by atoms with E-state index in [4.69, 9.17) is 0 Å². The van der Waals surface area contributed by atoms with E-state index in [-0.39, 0.29) is 5.56 Å². The van der Waals surface area contributed by atoms with Crippen molar-refractivity contribution < 1.29 is 8.78 Å². The highest BCUT2D eigenvalue weighted by atomic mass is 19.1. The zero-order chi connectivity index (χ0) is 15.1. The van der Waals surface area contributed by atoms with Crippen LogP contribution in [0.1, 0.15) is 0 Å². The van der Waals surface area contributed by atoms with Crippen molar-refractivity contribution in [1.29, 1.82) is 0 Å². The number of imidazole rings is 2. The zero-order valence-electron chi connectivity index (χ0n) is 11.3. The van der Waals surface area contributed by atoms with Crippen molar-refractivity contribution in [3.8, 4) is 22.6 Å². The standard InChI is InChI=1S/C16H10F2N4/c17-11-2-1-3-12(18)14(11)10-4-5-13-15(16-19-6-7-20-16)21-9-22(13)8-10/h1-9H,(H,19,20). The second-order valence-electron chi connectivity index (χ2n) is 4.84. The molecule has 0 fully saturated rings. The third-order valence-corrected chi connectivity index (χ3v) is 3.50. The average Bonchev–Trinajstić information content (AvgIpc) is 3.15. The molecule has 4 rings (SSSR count). The maximum atomic E-state index is 13.9. The van der Waals surface area contributed by atoms with Gasteiger partial charge >= 0.3 is 0 Å². The molecule has 0 radical (unpaired) electrons. The third-order valence-electron chi connectivity index (χ3n) is 3.50. The van der Waals surface area contributed by atoms with Gasteiger partial charge in [0, 0.05) is 24.2 Å². The van der Waals surface area contributed by atoms with Gasteiger partial charge in [-0.05, 0) is 18.2 Å². The Morgan fingerprint density at radius 1 is 1.00 bits per heavy atom. The fraction of sp³-hybridized carbons (Fsp3) is 0. The van der Waals surface area contributed by atoms with Gasteiger partial charge in [0.05, 0.1) is 11.1 Å². The first kappa shape index (κ1) is 12.7.